The van der Waals surface area contributed by atoms with Crippen LogP contribution in [-0.2, 0) is 22.6 Å². The Morgan fingerprint density at radius 3 is 2.65 bits per heavy atom. The lowest BCUT2D eigenvalue weighted by Gasteiger charge is -2.35. The van der Waals surface area contributed by atoms with Gasteiger partial charge in [-0.2, -0.15) is 0 Å². The van der Waals surface area contributed by atoms with Crippen molar-refractivity contribution < 1.29 is 9.47 Å². The van der Waals surface area contributed by atoms with Gasteiger partial charge in [0.15, 0.2) is 5.96 Å². The summed E-state index contributed by atoms with van der Waals surface area (Å²) in [6.45, 7) is 9.93. The van der Waals surface area contributed by atoms with E-state index >= 15 is 0 Å². The van der Waals surface area contributed by atoms with Gasteiger partial charge in [0, 0.05) is 39.8 Å². The first kappa shape index (κ1) is 21.8. The number of aryl methyl sites for hydroxylation is 1. The van der Waals surface area contributed by atoms with Gasteiger partial charge in [0.1, 0.15) is 6.10 Å². The Kier molecular flexibility index (Phi) is 7.57. The molecule has 0 aliphatic carbocycles. The van der Waals surface area contributed by atoms with E-state index in [1.54, 1.807) is 0 Å². The molecule has 2 saturated heterocycles. The van der Waals surface area contributed by atoms with Crippen LogP contribution in [0.5, 0.6) is 0 Å². The van der Waals surface area contributed by atoms with E-state index < -0.39 is 0 Å². The van der Waals surface area contributed by atoms with Crippen molar-refractivity contribution in [3.8, 4) is 0 Å². The molecule has 2 aromatic carbocycles. The maximum Gasteiger partial charge on any atom is 0.194 e. The highest BCUT2D eigenvalue weighted by atomic mass is 16.5. The molecule has 0 radical (unpaired) electrons. The van der Waals surface area contributed by atoms with Crippen LogP contribution in [0.4, 0.5) is 0 Å². The second-order valence-electron chi connectivity index (χ2n) is 8.27. The number of ether oxygens (including phenoxy) is 2. The van der Waals surface area contributed by atoms with Crippen molar-refractivity contribution in [2.45, 2.75) is 26.1 Å². The van der Waals surface area contributed by atoms with Crippen molar-refractivity contribution >= 4 is 5.96 Å². The number of benzene rings is 2. The Hall–Kier alpha value is -2.41. The first-order valence-corrected chi connectivity index (χ1v) is 11.2. The maximum atomic E-state index is 6.08. The highest BCUT2D eigenvalue weighted by Gasteiger charge is 2.25. The molecule has 2 aliphatic heterocycles. The van der Waals surface area contributed by atoms with Crippen LogP contribution < -0.4 is 5.32 Å². The number of nitrogens with zero attached hydrogens (tertiary/aromatic N) is 3. The minimum atomic E-state index is 0.0744. The molecule has 166 valence electrons. The second-order valence-corrected chi connectivity index (χ2v) is 8.27. The standard InChI is InChI=1S/C25H34N4O2/c1-20-6-3-4-9-23(20)24-19-29(12-15-31-24)25(26-2)27-17-21-7-5-8-22(16-21)18-28-10-13-30-14-11-28/h3-9,16,24H,10-15,17-19H2,1-2H3,(H,26,27). The lowest BCUT2D eigenvalue weighted by Crippen LogP contribution is -2.48. The van der Waals surface area contributed by atoms with Gasteiger partial charge in [-0.05, 0) is 29.2 Å². The van der Waals surface area contributed by atoms with Gasteiger partial charge in [-0.3, -0.25) is 9.89 Å². The van der Waals surface area contributed by atoms with Crippen molar-refractivity contribution in [1.29, 1.82) is 0 Å². The summed E-state index contributed by atoms with van der Waals surface area (Å²) < 4.78 is 11.5. The van der Waals surface area contributed by atoms with Crippen LogP contribution >= 0.6 is 0 Å². The van der Waals surface area contributed by atoms with E-state index in [0.29, 0.717) is 6.61 Å². The molecule has 31 heavy (non-hydrogen) atoms. The van der Waals surface area contributed by atoms with Crippen molar-refractivity contribution in [1.82, 2.24) is 15.1 Å². The van der Waals surface area contributed by atoms with Crippen molar-refractivity contribution in [3.05, 3.63) is 70.8 Å². The van der Waals surface area contributed by atoms with Crippen LogP contribution in [0.1, 0.15) is 28.4 Å². The summed E-state index contributed by atoms with van der Waals surface area (Å²) in [5.74, 6) is 0.931. The molecule has 2 heterocycles. The second kappa shape index (κ2) is 10.8. The summed E-state index contributed by atoms with van der Waals surface area (Å²) in [7, 11) is 1.86. The largest absolute Gasteiger partial charge is 0.379 e. The zero-order valence-electron chi connectivity index (χ0n) is 18.7. The highest BCUT2D eigenvalue weighted by Crippen LogP contribution is 2.25. The summed E-state index contributed by atoms with van der Waals surface area (Å²) in [4.78, 5) is 9.30. The van der Waals surface area contributed by atoms with Crippen LogP contribution in [0.3, 0.4) is 0 Å². The van der Waals surface area contributed by atoms with Gasteiger partial charge in [-0.25, -0.2) is 0 Å². The third-order valence-corrected chi connectivity index (χ3v) is 6.07. The van der Waals surface area contributed by atoms with Gasteiger partial charge in [-0.1, -0.05) is 48.5 Å². The molecule has 2 fully saturated rings. The van der Waals surface area contributed by atoms with Crippen molar-refractivity contribution in [3.63, 3.8) is 0 Å². The highest BCUT2D eigenvalue weighted by molar-refractivity contribution is 5.80. The number of guanidine groups is 1. The van der Waals surface area contributed by atoms with Crippen molar-refractivity contribution in [2.75, 3.05) is 53.0 Å². The Morgan fingerprint density at radius 2 is 1.84 bits per heavy atom. The molecule has 1 unspecified atom stereocenters. The number of morpholine rings is 2. The zero-order chi connectivity index (χ0) is 21.5. The summed E-state index contributed by atoms with van der Waals surface area (Å²) >= 11 is 0. The molecule has 2 aliphatic rings. The van der Waals surface area contributed by atoms with Crippen LogP contribution in [0.2, 0.25) is 0 Å². The fourth-order valence-corrected chi connectivity index (χ4v) is 4.35. The smallest absolute Gasteiger partial charge is 0.194 e. The topological polar surface area (TPSA) is 49.3 Å². The molecule has 2 aromatic rings. The van der Waals surface area contributed by atoms with E-state index in [4.69, 9.17) is 9.47 Å². The van der Waals surface area contributed by atoms with Gasteiger partial charge >= 0.3 is 0 Å². The predicted octanol–water partition coefficient (Wildman–Crippen LogP) is 2.98. The molecule has 4 rings (SSSR count). The van der Waals surface area contributed by atoms with Crippen LogP contribution in [-0.4, -0.2) is 68.8 Å². The summed E-state index contributed by atoms with van der Waals surface area (Å²) in [5, 5.41) is 3.56. The van der Waals surface area contributed by atoms with Gasteiger partial charge in [-0.15, -0.1) is 0 Å². The molecule has 6 nitrogen and oxygen atoms in total. The maximum absolute atomic E-state index is 6.08. The number of nitrogens with one attached hydrogen (secondary N) is 1. The minimum absolute atomic E-state index is 0.0744. The van der Waals surface area contributed by atoms with Gasteiger partial charge < -0.3 is 19.7 Å². The first-order chi connectivity index (χ1) is 15.2. The summed E-state index contributed by atoms with van der Waals surface area (Å²) in [5.41, 5.74) is 5.16. The first-order valence-electron chi connectivity index (χ1n) is 11.2. The van der Waals surface area contributed by atoms with E-state index in [1.807, 2.05) is 7.05 Å². The normalized spacial score (nSPS) is 20.6. The van der Waals surface area contributed by atoms with Crippen LogP contribution in [0.15, 0.2) is 53.5 Å². The number of hydrogen-bond donors (Lipinski definition) is 1. The van der Waals surface area contributed by atoms with E-state index in [1.165, 1.54) is 22.3 Å². The number of aliphatic imine (C=N–C) groups is 1. The zero-order valence-corrected chi connectivity index (χ0v) is 18.7. The lowest BCUT2D eigenvalue weighted by molar-refractivity contribution is -0.00833. The SMILES string of the molecule is CN=C(NCc1cccc(CN2CCOCC2)c1)N1CCOC(c2ccccc2C)C1. The van der Waals surface area contributed by atoms with Crippen LogP contribution in [0, 0.1) is 6.92 Å². The number of rotatable bonds is 5. The Bertz CT molecular complexity index is 879. The molecular weight excluding hydrogens is 388 g/mol. The average molecular weight is 423 g/mol. The Balaban J connectivity index is 1.35. The molecule has 0 amide bonds. The molecule has 1 atom stereocenters. The third-order valence-electron chi connectivity index (χ3n) is 6.07. The van der Waals surface area contributed by atoms with Crippen LogP contribution in [0.25, 0.3) is 0 Å². The Labute approximate surface area is 185 Å². The van der Waals surface area contributed by atoms with E-state index in [0.717, 1.165) is 58.4 Å². The molecule has 0 saturated carbocycles. The van der Waals surface area contributed by atoms with Crippen molar-refractivity contribution in [2.24, 2.45) is 4.99 Å². The molecule has 0 aromatic heterocycles. The molecular formula is C25H34N4O2. The van der Waals surface area contributed by atoms with E-state index in [9.17, 15) is 0 Å². The number of hydrogen-bond acceptors (Lipinski definition) is 4. The molecule has 0 bridgehead atoms. The fraction of sp³-hybridized carbons (Fsp3) is 0.480. The average Bonchev–Trinajstić information content (AvgIpc) is 2.81. The van der Waals surface area contributed by atoms with Gasteiger partial charge in [0.05, 0.1) is 26.4 Å². The van der Waals surface area contributed by atoms with E-state index in [-0.39, 0.29) is 6.10 Å². The lowest BCUT2D eigenvalue weighted by atomic mass is 10.0. The van der Waals surface area contributed by atoms with Gasteiger partial charge in [0.2, 0.25) is 0 Å². The Morgan fingerprint density at radius 1 is 1.03 bits per heavy atom. The van der Waals surface area contributed by atoms with E-state index in [2.05, 4.69) is 75.6 Å². The molecule has 1 N–H and O–H groups in total. The molecule has 0 spiro atoms. The monoisotopic (exact) mass is 422 g/mol. The predicted molar refractivity (Wildman–Crippen MR) is 124 cm³/mol. The third kappa shape index (κ3) is 5.85. The summed E-state index contributed by atoms with van der Waals surface area (Å²) in [6.07, 6.45) is 0.0744. The fourth-order valence-electron chi connectivity index (χ4n) is 4.35. The summed E-state index contributed by atoms with van der Waals surface area (Å²) in [6, 6.07) is 17.3. The molecule has 6 heteroatoms. The van der Waals surface area contributed by atoms with Gasteiger partial charge in [0.25, 0.3) is 0 Å². The minimum Gasteiger partial charge on any atom is -0.379 e. The quantitative estimate of drug-likeness (QED) is 0.593.